The maximum Gasteiger partial charge on any atom is 0.230 e. The van der Waals surface area contributed by atoms with Crippen LogP contribution in [0.25, 0.3) is 0 Å². The van der Waals surface area contributed by atoms with E-state index in [0.29, 0.717) is 6.54 Å². The van der Waals surface area contributed by atoms with Gasteiger partial charge in [0, 0.05) is 30.1 Å². The summed E-state index contributed by atoms with van der Waals surface area (Å²) < 4.78 is 0. The number of hydrogen-bond acceptors (Lipinski definition) is 2. The van der Waals surface area contributed by atoms with Crippen LogP contribution >= 0.6 is 0 Å². The molecule has 1 atom stereocenters. The van der Waals surface area contributed by atoms with Crippen LogP contribution in [-0.4, -0.2) is 17.9 Å². The molecular formula is C25H30N2O2. The molecule has 0 bridgehead atoms. The molecule has 1 saturated carbocycles. The molecule has 1 fully saturated rings. The fourth-order valence-corrected chi connectivity index (χ4v) is 4.84. The topological polar surface area (TPSA) is 49.4 Å². The SMILES string of the molecule is Cc1ccccc1CNC(=O)C1CCC(C(=O)N2c3ccccc3CC2C)CC1. The highest BCUT2D eigenvalue weighted by Crippen LogP contribution is 2.37. The van der Waals surface area contributed by atoms with Gasteiger partial charge < -0.3 is 10.2 Å². The average molecular weight is 391 g/mol. The Kier molecular flexibility index (Phi) is 5.70. The number of carbonyl (C=O) groups excluding carboxylic acids is 2. The number of anilines is 1. The molecule has 0 saturated heterocycles. The van der Waals surface area contributed by atoms with E-state index in [0.717, 1.165) is 43.4 Å². The van der Waals surface area contributed by atoms with Gasteiger partial charge in [0.1, 0.15) is 0 Å². The van der Waals surface area contributed by atoms with Crippen molar-refractivity contribution < 1.29 is 9.59 Å². The lowest BCUT2D eigenvalue weighted by atomic mass is 9.80. The zero-order valence-electron chi connectivity index (χ0n) is 17.4. The van der Waals surface area contributed by atoms with Crippen molar-refractivity contribution in [3.63, 3.8) is 0 Å². The Morgan fingerprint density at radius 3 is 2.38 bits per heavy atom. The van der Waals surface area contributed by atoms with Gasteiger partial charge in [0.2, 0.25) is 11.8 Å². The lowest BCUT2D eigenvalue weighted by Gasteiger charge is -2.32. The molecule has 1 unspecified atom stereocenters. The first-order chi connectivity index (χ1) is 14.0. The van der Waals surface area contributed by atoms with E-state index in [-0.39, 0.29) is 29.7 Å². The minimum Gasteiger partial charge on any atom is -0.352 e. The Labute approximate surface area is 173 Å². The van der Waals surface area contributed by atoms with E-state index < -0.39 is 0 Å². The minimum atomic E-state index is 0.0198. The Morgan fingerprint density at radius 1 is 0.966 bits per heavy atom. The Bertz CT molecular complexity index is 899. The first kappa shape index (κ1) is 19.7. The number of para-hydroxylation sites is 1. The number of hydrogen-bond donors (Lipinski definition) is 1. The maximum atomic E-state index is 13.2. The van der Waals surface area contributed by atoms with E-state index in [1.165, 1.54) is 11.1 Å². The molecule has 4 heteroatoms. The van der Waals surface area contributed by atoms with Crippen LogP contribution in [0.15, 0.2) is 48.5 Å². The zero-order chi connectivity index (χ0) is 20.4. The normalized spacial score (nSPS) is 23.5. The molecule has 2 aromatic carbocycles. The summed E-state index contributed by atoms with van der Waals surface area (Å²) in [6.07, 6.45) is 4.11. The van der Waals surface area contributed by atoms with Gasteiger partial charge in [-0.1, -0.05) is 42.5 Å². The fraction of sp³-hybridized carbons (Fsp3) is 0.440. The quantitative estimate of drug-likeness (QED) is 0.841. The van der Waals surface area contributed by atoms with Crippen LogP contribution in [0.3, 0.4) is 0 Å². The molecule has 1 N–H and O–H groups in total. The number of fused-ring (bicyclic) bond motifs is 1. The fourth-order valence-electron chi connectivity index (χ4n) is 4.84. The number of benzene rings is 2. The van der Waals surface area contributed by atoms with Crippen molar-refractivity contribution in [1.82, 2.24) is 5.32 Å². The van der Waals surface area contributed by atoms with E-state index >= 15 is 0 Å². The molecule has 1 aliphatic carbocycles. The number of rotatable bonds is 4. The van der Waals surface area contributed by atoms with E-state index in [9.17, 15) is 9.59 Å². The third-order valence-corrected chi connectivity index (χ3v) is 6.61. The van der Waals surface area contributed by atoms with Gasteiger partial charge >= 0.3 is 0 Å². The van der Waals surface area contributed by atoms with Crippen molar-refractivity contribution in [2.24, 2.45) is 11.8 Å². The predicted molar refractivity (Wildman–Crippen MR) is 116 cm³/mol. The molecule has 2 aromatic rings. The van der Waals surface area contributed by atoms with E-state index in [2.05, 4.69) is 43.4 Å². The number of amides is 2. The van der Waals surface area contributed by atoms with Crippen molar-refractivity contribution in [3.8, 4) is 0 Å². The second-order valence-electron chi connectivity index (χ2n) is 8.58. The second kappa shape index (κ2) is 8.40. The summed E-state index contributed by atoms with van der Waals surface area (Å²) in [4.78, 5) is 27.8. The molecule has 0 radical (unpaired) electrons. The summed E-state index contributed by atoms with van der Waals surface area (Å²) in [5.41, 5.74) is 4.69. The molecule has 2 aliphatic rings. The van der Waals surface area contributed by atoms with Crippen LogP contribution in [0.1, 0.15) is 49.3 Å². The molecule has 29 heavy (non-hydrogen) atoms. The summed E-state index contributed by atoms with van der Waals surface area (Å²) in [5, 5.41) is 3.09. The van der Waals surface area contributed by atoms with E-state index in [1.807, 2.05) is 29.2 Å². The van der Waals surface area contributed by atoms with Gasteiger partial charge in [0.05, 0.1) is 0 Å². The molecular weight excluding hydrogens is 360 g/mol. The lowest BCUT2D eigenvalue weighted by Crippen LogP contribution is -2.42. The van der Waals surface area contributed by atoms with E-state index in [1.54, 1.807) is 0 Å². The van der Waals surface area contributed by atoms with Gasteiger partial charge in [-0.2, -0.15) is 0 Å². The zero-order valence-corrected chi connectivity index (χ0v) is 17.4. The first-order valence-electron chi connectivity index (χ1n) is 10.8. The van der Waals surface area contributed by atoms with Gasteiger partial charge in [-0.05, 0) is 68.7 Å². The van der Waals surface area contributed by atoms with Crippen LogP contribution in [0.4, 0.5) is 5.69 Å². The molecule has 4 rings (SSSR count). The largest absolute Gasteiger partial charge is 0.352 e. The maximum absolute atomic E-state index is 13.2. The third-order valence-electron chi connectivity index (χ3n) is 6.61. The molecule has 2 amide bonds. The van der Waals surface area contributed by atoms with E-state index in [4.69, 9.17) is 0 Å². The summed E-state index contributed by atoms with van der Waals surface area (Å²) in [6, 6.07) is 16.6. The predicted octanol–water partition coefficient (Wildman–Crippen LogP) is 4.40. The smallest absolute Gasteiger partial charge is 0.230 e. The number of carbonyl (C=O) groups is 2. The first-order valence-corrected chi connectivity index (χ1v) is 10.8. The lowest BCUT2D eigenvalue weighted by molar-refractivity contribution is -0.129. The minimum absolute atomic E-state index is 0.0198. The summed E-state index contributed by atoms with van der Waals surface area (Å²) in [6.45, 7) is 4.77. The highest BCUT2D eigenvalue weighted by atomic mass is 16.2. The number of nitrogens with one attached hydrogen (secondary N) is 1. The second-order valence-corrected chi connectivity index (χ2v) is 8.58. The molecule has 152 valence electrons. The third kappa shape index (κ3) is 4.07. The van der Waals surface area contributed by atoms with Crippen LogP contribution in [0, 0.1) is 18.8 Å². The summed E-state index contributed by atoms with van der Waals surface area (Å²) in [7, 11) is 0. The number of aryl methyl sites for hydroxylation is 1. The molecule has 1 heterocycles. The van der Waals surface area contributed by atoms with Crippen LogP contribution < -0.4 is 10.2 Å². The van der Waals surface area contributed by atoms with Gasteiger partial charge in [0.25, 0.3) is 0 Å². The Morgan fingerprint density at radius 2 is 1.62 bits per heavy atom. The van der Waals surface area contributed by atoms with Crippen LogP contribution in [0.2, 0.25) is 0 Å². The average Bonchev–Trinajstić information content (AvgIpc) is 3.08. The van der Waals surface area contributed by atoms with Crippen molar-refractivity contribution >= 4 is 17.5 Å². The molecule has 4 nitrogen and oxygen atoms in total. The van der Waals surface area contributed by atoms with Crippen LogP contribution in [-0.2, 0) is 22.6 Å². The highest BCUT2D eigenvalue weighted by molar-refractivity contribution is 5.97. The summed E-state index contributed by atoms with van der Waals surface area (Å²) in [5.74, 6) is 0.413. The monoisotopic (exact) mass is 390 g/mol. The standard InChI is InChI=1S/C25H30N2O2/c1-17-7-3-4-9-22(17)16-26-24(28)19-11-13-20(14-12-19)25(29)27-18(2)15-21-8-5-6-10-23(21)27/h3-10,18-20H,11-16H2,1-2H3,(H,26,28). The van der Waals surface area contributed by atoms with Gasteiger partial charge in [-0.25, -0.2) is 0 Å². The number of nitrogens with zero attached hydrogens (tertiary/aromatic N) is 1. The molecule has 0 aromatic heterocycles. The Balaban J connectivity index is 1.32. The van der Waals surface area contributed by atoms with Crippen molar-refractivity contribution in [2.45, 2.75) is 58.5 Å². The summed E-state index contributed by atoms with van der Waals surface area (Å²) >= 11 is 0. The van der Waals surface area contributed by atoms with Crippen LogP contribution in [0.5, 0.6) is 0 Å². The molecule has 1 aliphatic heterocycles. The molecule has 0 spiro atoms. The van der Waals surface area contributed by atoms with Crippen molar-refractivity contribution in [1.29, 1.82) is 0 Å². The van der Waals surface area contributed by atoms with Crippen molar-refractivity contribution in [3.05, 3.63) is 65.2 Å². The highest BCUT2D eigenvalue weighted by Gasteiger charge is 2.37. The van der Waals surface area contributed by atoms with Gasteiger partial charge in [-0.15, -0.1) is 0 Å². The van der Waals surface area contributed by atoms with Crippen molar-refractivity contribution in [2.75, 3.05) is 4.90 Å². The Hall–Kier alpha value is -2.62. The van der Waals surface area contributed by atoms with Gasteiger partial charge in [-0.3, -0.25) is 9.59 Å². The van der Waals surface area contributed by atoms with Gasteiger partial charge in [0.15, 0.2) is 0 Å².